The van der Waals surface area contributed by atoms with E-state index >= 15 is 0 Å². The van der Waals surface area contributed by atoms with Crippen molar-refractivity contribution in [2.45, 2.75) is 18.9 Å². The van der Waals surface area contributed by atoms with E-state index < -0.39 is 0 Å². The normalized spacial score (nSPS) is 14.3. The predicted octanol–water partition coefficient (Wildman–Crippen LogP) is 3.94. The number of anilines is 1. The van der Waals surface area contributed by atoms with Crippen LogP contribution in [-0.4, -0.2) is 23.1 Å². The van der Waals surface area contributed by atoms with Gasteiger partial charge in [-0.25, -0.2) is 9.97 Å². The van der Waals surface area contributed by atoms with E-state index in [4.69, 9.17) is 4.74 Å². The number of nitrogens with zero attached hydrogens (tertiary/aromatic N) is 2. The first-order chi connectivity index (χ1) is 10.3. The second-order valence-corrected chi connectivity index (χ2v) is 6.25. The standard InChI is InChI=1S/C16H15N3OS/c1-20-12-6-2-10(3-7-12)14-8-13-15(21-14)16(18-9-17-13)19-11-4-5-11/h2-3,6-9,11H,4-5H2,1H3,(H,17,18,19). The molecule has 1 aliphatic rings. The van der Waals surface area contributed by atoms with E-state index in [-0.39, 0.29) is 0 Å². The van der Waals surface area contributed by atoms with E-state index in [9.17, 15) is 0 Å². The first-order valence-corrected chi connectivity index (χ1v) is 7.80. The summed E-state index contributed by atoms with van der Waals surface area (Å²) in [7, 11) is 1.68. The van der Waals surface area contributed by atoms with Crippen LogP contribution in [0.25, 0.3) is 20.7 Å². The van der Waals surface area contributed by atoms with Crippen LogP contribution in [0.3, 0.4) is 0 Å². The summed E-state index contributed by atoms with van der Waals surface area (Å²) in [5, 5.41) is 3.48. The zero-order valence-corrected chi connectivity index (χ0v) is 12.5. The lowest BCUT2D eigenvalue weighted by molar-refractivity contribution is 0.415. The fraction of sp³-hybridized carbons (Fsp3) is 0.250. The molecule has 4 nitrogen and oxygen atoms in total. The number of aromatic nitrogens is 2. The summed E-state index contributed by atoms with van der Waals surface area (Å²) in [4.78, 5) is 9.97. The number of nitrogens with one attached hydrogen (secondary N) is 1. The van der Waals surface area contributed by atoms with Crippen LogP contribution < -0.4 is 10.1 Å². The molecule has 0 atom stereocenters. The Morgan fingerprint density at radius 1 is 1.19 bits per heavy atom. The van der Waals surface area contributed by atoms with Gasteiger partial charge in [-0.05, 0) is 48.7 Å². The molecule has 0 aliphatic heterocycles. The van der Waals surface area contributed by atoms with Crippen LogP contribution in [0.5, 0.6) is 5.75 Å². The minimum atomic E-state index is 0.592. The molecule has 21 heavy (non-hydrogen) atoms. The van der Waals surface area contributed by atoms with Gasteiger partial charge in [0, 0.05) is 10.9 Å². The number of benzene rings is 1. The van der Waals surface area contributed by atoms with Gasteiger partial charge in [0.15, 0.2) is 0 Å². The summed E-state index contributed by atoms with van der Waals surface area (Å²) in [5.74, 6) is 1.84. The molecule has 0 saturated heterocycles. The Morgan fingerprint density at radius 3 is 2.71 bits per heavy atom. The maximum atomic E-state index is 5.20. The summed E-state index contributed by atoms with van der Waals surface area (Å²) in [6.07, 6.45) is 4.11. The molecule has 0 radical (unpaired) electrons. The molecule has 1 aliphatic carbocycles. The fourth-order valence-electron chi connectivity index (χ4n) is 2.28. The number of thiophene rings is 1. The van der Waals surface area contributed by atoms with Gasteiger partial charge < -0.3 is 10.1 Å². The molecular formula is C16H15N3OS. The van der Waals surface area contributed by atoms with Gasteiger partial charge in [-0.2, -0.15) is 0 Å². The van der Waals surface area contributed by atoms with Gasteiger partial charge in [0.05, 0.1) is 17.3 Å². The Hall–Kier alpha value is -2.14. The summed E-state index contributed by atoms with van der Waals surface area (Å²) in [5.41, 5.74) is 2.18. The van der Waals surface area contributed by atoms with Gasteiger partial charge in [0.2, 0.25) is 0 Å². The van der Waals surface area contributed by atoms with Crippen LogP contribution in [0.1, 0.15) is 12.8 Å². The van der Waals surface area contributed by atoms with Crippen LogP contribution in [0, 0.1) is 0 Å². The van der Waals surface area contributed by atoms with E-state index in [1.54, 1.807) is 24.8 Å². The molecule has 1 aromatic carbocycles. The van der Waals surface area contributed by atoms with Crippen molar-refractivity contribution < 1.29 is 4.74 Å². The second kappa shape index (κ2) is 5.00. The average molecular weight is 297 g/mol. The van der Waals surface area contributed by atoms with Gasteiger partial charge >= 0.3 is 0 Å². The highest BCUT2D eigenvalue weighted by atomic mass is 32.1. The van der Waals surface area contributed by atoms with E-state index in [0.29, 0.717) is 6.04 Å². The molecule has 106 valence electrons. The third-order valence-electron chi connectivity index (χ3n) is 3.60. The maximum absolute atomic E-state index is 5.20. The lowest BCUT2D eigenvalue weighted by atomic mass is 10.2. The molecule has 2 heterocycles. The lowest BCUT2D eigenvalue weighted by Gasteiger charge is -2.03. The van der Waals surface area contributed by atoms with Crippen LogP contribution in [-0.2, 0) is 0 Å². The number of ether oxygens (including phenoxy) is 1. The summed E-state index contributed by atoms with van der Waals surface area (Å²) < 4.78 is 6.34. The number of methoxy groups -OCH3 is 1. The van der Waals surface area contributed by atoms with Gasteiger partial charge in [0.25, 0.3) is 0 Å². The molecule has 0 unspecified atom stereocenters. The van der Waals surface area contributed by atoms with Crippen molar-refractivity contribution in [3.63, 3.8) is 0 Å². The molecular weight excluding hydrogens is 282 g/mol. The van der Waals surface area contributed by atoms with Crippen molar-refractivity contribution in [2.75, 3.05) is 12.4 Å². The number of fused-ring (bicyclic) bond motifs is 1. The largest absolute Gasteiger partial charge is 0.497 e. The van der Waals surface area contributed by atoms with E-state index in [2.05, 4.69) is 33.5 Å². The SMILES string of the molecule is COc1ccc(-c2cc3ncnc(NC4CC4)c3s2)cc1. The fourth-order valence-corrected chi connectivity index (χ4v) is 3.34. The Kier molecular flexibility index (Phi) is 3.00. The van der Waals surface area contributed by atoms with Crippen molar-refractivity contribution >= 4 is 27.4 Å². The molecule has 0 bridgehead atoms. The van der Waals surface area contributed by atoms with Gasteiger partial charge in [-0.15, -0.1) is 11.3 Å². The molecule has 5 heteroatoms. The number of rotatable bonds is 4. The molecule has 2 aromatic heterocycles. The Balaban J connectivity index is 1.74. The lowest BCUT2D eigenvalue weighted by Crippen LogP contribution is -2.02. The Labute approximate surface area is 126 Å². The minimum absolute atomic E-state index is 0.592. The van der Waals surface area contributed by atoms with Crippen LogP contribution >= 0.6 is 11.3 Å². The molecule has 3 aromatic rings. The van der Waals surface area contributed by atoms with E-state index in [1.165, 1.54) is 23.3 Å². The Bertz CT molecular complexity index is 778. The summed E-state index contributed by atoms with van der Waals surface area (Å²) >= 11 is 1.73. The summed E-state index contributed by atoms with van der Waals surface area (Å²) in [6.45, 7) is 0. The topological polar surface area (TPSA) is 47.0 Å². The van der Waals surface area contributed by atoms with Crippen molar-refractivity contribution in [2.24, 2.45) is 0 Å². The van der Waals surface area contributed by atoms with E-state index in [0.717, 1.165) is 21.8 Å². The van der Waals surface area contributed by atoms with Gasteiger partial charge in [0.1, 0.15) is 17.9 Å². The first kappa shape index (κ1) is 12.6. The molecule has 1 N–H and O–H groups in total. The highest BCUT2D eigenvalue weighted by Gasteiger charge is 2.22. The zero-order chi connectivity index (χ0) is 14.2. The number of hydrogen-bond acceptors (Lipinski definition) is 5. The second-order valence-electron chi connectivity index (χ2n) is 5.19. The van der Waals surface area contributed by atoms with Crippen LogP contribution in [0.2, 0.25) is 0 Å². The van der Waals surface area contributed by atoms with Gasteiger partial charge in [-0.1, -0.05) is 0 Å². The molecule has 1 saturated carbocycles. The van der Waals surface area contributed by atoms with E-state index in [1.807, 2.05) is 12.1 Å². The Morgan fingerprint density at radius 2 is 2.00 bits per heavy atom. The first-order valence-electron chi connectivity index (χ1n) is 6.99. The molecule has 0 amide bonds. The average Bonchev–Trinajstić information content (AvgIpc) is 3.23. The van der Waals surface area contributed by atoms with Crippen molar-refractivity contribution in [3.05, 3.63) is 36.7 Å². The summed E-state index contributed by atoms with van der Waals surface area (Å²) in [6, 6.07) is 10.8. The van der Waals surface area contributed by atoms with Crippen molar-refractivity contribution in [1.82, 2.24) is 9.97 Å². The predicted molar refractivity (Wildman–Crippen MR) is 86.0 cm³/mol. The highest BCUT2D eigenvalue weighted by molar-refractivity contribution is 7.22. The van der Waals surface area contributed by atoms with Crippen LogP contribution in [0.15, 0.2) is 36.7 Å². The van der Waals surface area contributed by atoms with Gasteiger partial charge in [-0.3, -0.25) is 0 Å². The van der Waals surface area contributed by atoms with Crippen LogP contribution in [0.4, 0.5) is 5.82 Å². The minimum Gasteiger partial charge on any atom is -0.497 e. The zero-order valence-electron chi connectivity index (χ0n) is 11.7. The highest BCUT2D eigenvalue weighted by Crippen LogP contribution is 2.37. The van der Waals surface area contributed by atoms with Crippen molar-refractivity contribution in [1.29, 1.82) is 0 Å². The monoisotopic (exact) mass is 297 g/mol. The quantitative estimate of drug-likeness (QED) is 0.792. The number of hydrogen-bond donors (Lipinski definition) is 1. The van der Waals surface area contributed by atoms with Crippen molar-refractivity contribution in [3.8, 4) is 16.2 Å². The smallest absolute Gasteiger partial charge is 0.147 e. The third kappa shape index (κ3) is 2.45. The molecule has 1 fully saturated rings. The molecule has 4 rings (SSSR count). The third-order valence-corrected chi connectivity index (χ3v) is 4.78. The maximum Gasteiger partial charge on any atom is 0.147 e. The molecule has 0 spiro atoms.